The number of aromatic nitrogens is 3. The molecule has 2 aromatic rings. The molecule has 0 atom stereocenters. The van der Waals surface area contributed by atoms with Gasteiger partial charge in [0.15, 0.2) is 17.5 Å². The number of carbonyl (C=O) groups is 2. The highest BCUT2D eigenvalue weighted by Gasteiger charge is 2.30. The van der Waals surface area contributed by atoms with Gasteiger partial charge in [0.2, 0.25) is 0 Å². The summed E-state index contributed by atoms with van der Waals surface area (Å²) in [6.45, 7) is 2.87. The quantitative estimate of drug-likeness (QED) is 0.631. The van der Waals surface area contributed by atoms with Crippen molar-refractivity contribution in [2.24, 2.45) is 0 Å². The molecule has 2 heterocycles. The molecular weight excluding hydrogens is 340 g/mol. The van der Waals surface area contributed by atoms with Gasteiger partial charge in [-0.25, -0.2) is 0 Å². The zero-order valence-electron chi connectivity index (χ0n) is 13.8. The van der Waals surface area contributed by atoms with Crippen LogP contribution >= 0.6 is 11.8 Å². The topological polar surface area (TPSA) is 86.1 Å². The number of Topliss-reactive ketones (excluding diaryl/α,β-unsaturated/α-hetero) is 1. The minimum atomic E-state index is -0.213. The molecule has 0 spiro atoms. The SMILES string of the molecule is CCn1c(SCC(=O)c2ccc3c(c2)NC(=O)CO3)nnc1C1CC1. The molecule has 130 valence electrons. The second-order valence-corrected chi connectivity index (χ2v) is 7.06. The van der Waals surface area contributed by atoms with Crippen LogP contribution in [0.2, 0.25) is 0 Å². The van der Waals surface area contributed by atoms with Crippen LogP contribution in [-0.4, -0.2) is 38.8 Å². The molecule has 8 heteroatoms. The van der Waals surface area contributed by atoms with Crippen LogP contribution in [0.4, 0.5) is 5.69 Å². The zero-order chi connectivity index (χ0) is 17.4. The molecular formula is C17H18N4O3S. The average Bonchev–Trinajstić information content (AvgIpc) is 3.38. The van der Waals surface area contributed by atoms with E-state index in [1.54, 1.807) is 18.2 Å². The van der Waals surface area contributed by atoms with Crippen LogP contribution in [0.25, 0.3) is 0 Å². The Morgan fingerprint density at radius 2 is 2.24 bits per heavy atom. The van der Waals surface area contributed by atoms with E-state index in [1.807, 2.05) is 0 Å². The average molecular weight is 358 g/mol. The number of carbonyl (C=O) groups excluding carboxylic acids is 2. The van der Waals surface area contributed by atoms with Crippen LogP contribution in [0, 0.1) is 0 Å². The van der Waals surface area contributed by atoms with Gasteiger partial charge in [0, 0.05) is 18.0 Å². The fourth-order valence-corrected chi connectivity index (χ4v) is 3.72. The zero-order valence-corrected chi connectivity index (χ0v) is 14.6. The molecule has 0 bridgehead atoms. The fraction of sp³-hybridized carbons (Fsp3) is 0.412. The smallest absolute Gasteiger partial charge is 0.262 e. The van der Waals surface area contributed by atoms with Crippen LogP contribution in [-0.2, 0) is 11.3 Å². The van der Waals surface area contributed by atoms with Crippen LogP contribution < -0.4 is 10.1 Å². The second kappa shape index (κ2) is 6.51. The lowest BCUT2D eigenvalue weighted by Crippen LogP contribution is -2.25. The first-order valence-electron chi connectivity index (χ1n) is 8.31. The van der Waals surface area contributed by atoms with Crippen molar-refractivity contribution in [2.75, 3.05) is 17.7 Å². The largest absolute Gasteiger partial charge is 0.482 e. The number of nitrogens with zero attached hydrogens (tertiary/aromatic N) is 3. The number of amides is 1. The lowest BCUT2D eigenvalue weighted by Gasteiger charge is -2.18. The molecule has 1 aliphatic carbocycles. The normalized spacial score (nSPS) is 16.1. The summed E-state index contributed by atoms with van der Waals surface area (Å²) >= 11 is 1.40. The van der Waals surface area contributed by atoms with Crippen molar-refractivity contribution < 1.29 is 14.3 Å². The van der Waals surface area contributed by atoms with Gasteiger partial charge < -0.3 is 14.6 Å². The van der Waals surface area contributed by atoms with Gasteiger partial charge in [0.05, 0.1) is 11.4 Å². The third kappa shape index (κ3) is 3.26. The maximum atomic E-state index is 12.5. The Kier molecular flexibility index (Phi) is 4.20. The van der Waals surface area contributed by atoms with Gasteiger partial charge in [-0.3, -0.25) is 9.59 Å². The number of thioether (sulfide) groups is 1. The monoisotopic (exact) mass is 358 g/mol. The Morgan fingerprint density at radius 3 is 3.00 bits per heavy atom. The Labute approximate surface area is 149 Å². The molecule has 25 heavy (non-hydrogen) atoms. The van der Waals surface area contributed by atoms with E-state index < -0.39 is 0 Å². The van der Waals surface area contributed by atoms with Gasteiger partial charge in [-0.15, -0.1) is 10.2 Å². The Balaban J connectivity index is 1.46. The first-order valence-corrected chi connectivity index (χ1v) is 9.30. The van der Waals surface area contributed by atoms with Gasteiger partial charge in [-0.1, -0.05) is 11.8 Å². The Morgan fingerprint density at radius 1 is 1.40 bits per heavy atom. The highest BCUT2D eigenvalue weighted by atomic mass is 32.2. The number of rotatable bonds is 6. The van der Waals surface area contributed by atoms with Crippen molar-refractivity contribution in [1.82, 2.24) is 14.8 Å². The summed E-state index contributed by atoms with van der Waals surface area (Å²) in [5.74, 6) is 2.19. The number of anilines is 1. The number of ketones is 1. The highest BCUT2D eigenvalue weighted by Crippen LogP contribution is 2.40. The summed E-state index contributed by atoms with van der Waals surface area (Å²) in [5.41, 5.74) is 1.09. The van der Waals surface area contributed by atoms with Crippen LogP contribution in [0.5, 0.6) is 5.75 Å². The molecule has 0 radical (unpaired) electrons. The van der Waals surface area contributed by atoms with Crippen LogP contribution in [0.3, 0.4) is 0 Å². The summed E-state index contributed by atoms with van der Waals surface area (Å²) in [6.07, 6.45) is 2.34. The van der Waals surface area contributed by atoms with Crippen LogP contribution in [0.1, 0.15) is 41.9 Å². The fourth-order valence-electron chi connectivity index (χ4n) is 2.82. The molecule has 2 aliphatic rings. The summed E-state index contributed by atoms with van der Waals surface area (Å²) in [6, 6.07) is 5.10. The number of hydrogen-bond donors (Lipinski definition) is 1. The van der Waals surface area contributed by atoms with Crippen molar-refractivity contribution in [2.45, 2.75) is 37.4 Å². The molecule has 0 unspecified atom stereocenters. The molecule has 0 saturated heterocycles. The van der Waals surface area contributed by atoms with Crippen molar-refractivity contribution in [1.29, 1.82) is 0 Å². The Hall–Kier alpha value is -2.35. The molecule has 1 aromatic heterocycles. The molecule has 1 aliphatic heterocycles. The molecule has 1 saturated carbocycles. The van der Waals surface area contributed by atoms with Crippen molar-refractivity contribution >= 4 is 29.1 Å². The molecule has 7 nitrogen and oxygen atoms in total. The highest BCUT2D eigenvalue weighted by molar-refractivity contribution is 7.99. The predicted molar refractivity (Wildman–Crippen MR) is 93.3 cm³/mol. The molecule has 1 fully saturated rings. The summed E-state index contributed by atoms with van der Waals surface area (Å²) < 4.78 is 7.40. The maximum Gasteiger partial charge on any atom is 0.262 e. The minimum absolute atomic E-state index is 0.00610. The standard InChI is InChI=1S/C17H18N4O3S/c1-2-21-16(10-3-4-10)19-20-17(21)25-9-13(22)11-5-6-14-12(7-11)18-15(23)8-24-14/h5-7,10H,2-4,8-9H2,1H3,(H,18,23). The van der Waals surface area contributed by atoms with Crippen molar-refractivity contribution in [3.63, 3.8) is 0 Å². The minimum Gasteiger partial charge on any atom is -0.482 e. The van der Waals surface area contributed by atoms with E-state index in [4.69, 9.17) is 4.74 Å². The third-order valence-electron chi connectivity index (χ3n) is 4.27. The van der Waals surface area contributed by atoms with Gasteiger partial charge in [0.25, 0.3) is 5.91 Å². The van der Waals surface area contributed by atoms with E-state index in [0.717, 1.165) is 17.5 Å². The third-order valence-corrected chi connectivity index (χ3v) is 5.24. The van der Waals surface area contributed by atoms with Gasteiger partial charge in [-0.2, -0.15) is 0 Å². The Bertz CT molecular complexity index is 844. The lowest BCUT2D eigenvalue weighted by atomic mass is 10.1. The summed E-state index contributed by atoms with van der Waals surface area (Å²) in [5, 5.41) is 12.0. The number of fused-ring (bicyclic) bond motifs is 1. The number of hydrogen-bond acceptors (Lipinski definition) is 6. The molecule has 1 N–H and O–H groups in total. The number of benzene rings is 1. The van der Waals surface area contributed by atoms with E-state index in [0.29, 0.717) is 22.9 Å². The summed E-state index contributed by atoms with van der Waals surface area (Å²) in [7, 11) is 0. The van der Waals surface area contributed by atoms with E-state index in [9.17, 15) is 9.59 Å². The van der Waals surface area contributed by atoms with Gasteiger partial charge >= 0.3 is 0 Å². The van der Waals surface area contributed by atoms with Crippen LogP contribution in [0.15, 0.2) is 23.4 Å². The first kappa shape index (κ1) is 16.1. The molecule has 1 amide bonds. The number of ether oxygens (including phenoxy) is 1. The van der Waals surface area contributed by atoms with Gasteiger partial charge in [0.1, 0.15) is 11.6 Å². The molecule has 1 aromatic carbocycles. The van der Waals surface area contributed by atoms with E-state index in [1.165, 1.54) is 24.6 Å². The first-order chi connectivity index (χ1) is 12.2. The molecule has 4 rings (SSSR count). The summed E-state index contributed by atoms with van der Waals surface area (Å²) in [4.78, 5) is 23.9. The van der Waals surface area contributed by atoms with E-state index in [-0.39, 0.29) is 24.1 Å². The van der Waals surface area contributed by atoms with E-state index in [2.05, 4.69) is 27.0 Å². The van der Waals surface area contributed by atoms with E-state index >= 15 is 0 Å². The predicted octanol–water partition coefficient (Wildman–Crippen LogP) is 2.48. The maximum absolute atomic E-state index is 12.5. The van der Waals surface area contributed by atoms with Gasteiger partial charge in [-0.05, 0) is 38.0 Å². The second-order valence-electron chi connectivity index (χ2n) is 6.12. The van der Waals surface area contributed by atoms with Crippen molar-refractivity contribution in [3.05, 3.63) is 29.6 Å². The van der Waals surface area contributed by atoms with Crippen molar-refractivity contribution in [3.8, 4) is 5.75 Å². The lowest BCUT2D eigenvalue weighted by molar-refractivity contribution is -0.118. The number of nitrogens with one attached hydrogen (secondary N) is 1.